The van der Waals surface area contributed by atoms with Crippen LogP contribution in [0.25, 0.3) is 10.2 Å². The third-order valence-corrected chi connectivity index (χ3v) is 8.10. The molecular weight excluding hydrogens is 370 g/mol. The summed E-state index contributed by atoms with van der Waals surface area (Å²) in [5, 5.41) is 4.04. The maximum absolute atomic E-state index is 12.3. The van der Waals surface area contributed by atoms with E-state index in [2.05, 4.69) is 16.3 Å². The van der Waals surface area contributed by atoms with Crippen molar-refractivity contribution in [3.8, 4) is 0 Å². The molecule has 0 saturated carbocycles. The van der Waals surface area contributed by atoms with Crippen molar-refractivity contribution in [1.82, 2.24) is 15.2 Å². The molecule has 0 bridgehead atoms. The summed E-state index contributed by atoms with van der Waals surface area (Å²) in [6, 6.07) is 7.95. The van der Waals surface area contributed by atoms with Crippen LogP contribution in [0.4, 0.5) is 0 Å². The lowest BCUT2D eigenvalue weighted by Gasteiger charge is -2.31. The summed E-state index contributed by atoms with van der Waals surface area (Å²) in [7, 11) is -2.97. The molecule has 1 N–H and O–H groups in total. The normalized spacial score (nSPS) is 26.2. The fourth-order valence-electron chi connectivity index (χ4n) is 3.85. The first-order valence-electron chi connectivity index (χ1n) is 9.06. The smallest absolute Gasteiger partial charge is 0.234 e. The monoisotopic (exact) mass is 393 g/mol. The number of fused-ring (bicyclic) bond motifs is 1. The SMILES string of the molecule is O=C(CN1CCC[C@H](c2nc3ccccc3s2)C1)N[C@@H]1CCS(=O)(=O)C1. The van der Waals surface area contributed by atoms with Crippen molar-refractivity contribution in [1.29, 1.82) is 0 Å². The molecule has 2 aliphatic rings. The van der Waals surface area contributed by atoms with Gasteiger partial charge in [0.2, 0.25) is 5.91 Å². The van der Waals surface area contributed by atoms with E-state index in [-0.39, 0.29) is 23.5 Å². The number of carbonyl (C=O) groups is 1. The van der Waals surface area contributed by atoms with Crippen molar-refractivity contribution in [2.45, 2.75) is 31.2 Å². The Balaban J connectivity index is 1.35. The van der Waals surface area contributed by atoms with E-state index < -0.39 is 9.84 Å². The number of aromatic nitrogens is 1. The van der Waals surface area contributed by atoms with Crippen LogP contribution < -0.4 is 5.32 Å². The van der Waals surface area contributed by atoms with Gasteiger partial charge < -0.3 is 5.32 Å². The number of carbonyl (C=O) groups excluding carboxylic acids is 1. The number of para-hydroxylation sites is 1. The molecule has 0 aliphatic carbocycles. The summed E-state index contributed by atoms with van der Waals surface area (Å²) >= 11 is 1.75. The maximum Gasteiger partial charge on any atom is 0.234 e. The van der Waals surface area contributed by atoms with Gasteiger partial charge in [0, 0.05) is 18.5 Å². The summed E-state index contributed by atoms with van der Waals surface area (Å²) < 4.78 is 24.2. The topological polar surface area (TPSA) is 79.4 Å². The highest BCUT2D eigenvalue weighted by molar-refractivity contribution is 7.91. The largest absolute Gasteiger partial charge is 0.351 e. The van der Waals surface area contributed by atoms with Gasteiger partial charge in [-0.1, -0.05) is 12.1 Å². The number of nitrogens with one attached hydrogen (secondary N) is 1. The van der Waals surface area contributed by atoms with Crippen LogP contribution >= 0.6 is 11.3 Å². The van der Waals surface area contributed by atoms with E-state index in [4.69, 9.17) is 4.98 Å². The first kappa shape index (κ1) is 17.9. The van der Waals surface area contributed by atoms with Gasteiger partial charge in [-0.15, -0.1) is 11.3 Å². The second-order valence-electron chi connectivity index (χ2n) is 7.26. The van der Waals surface area contributed by atoms with Crippen LogP contribution in [0.5, 0.6) is 0 Å². The van der Waals surface area contributed by atoms with Gasteiger partial charge in [-0.3, -0.25) is 9.69 Å². The van der Waals surface area contributed by atoms with Crippen molar-refractivity contribution in [3.05, 3.63) is 29.3 Å². The molecule has 1 amide bonds. The molecule has 8 heteroatoms. The van der Waals surface area contributed by atoms with E-state index in [0.29, 0.717) is 18.9 Å². The van der Waals surface area contributed by atoms with Crippen LogP contribution in [0.1, 0.15) is 30.2 Å². The van der Waals surface area contributed by atoms with Gasteiger partial charge in [0.05, 0.1) is 33.3 Å². The second kappa shape index (κ2) is 7.25. The molecule has 2 fully saturated rings. The van der Waals surface area contributed by atoms with Crippen LogP contribution in [0.15, 0.2) is 24.3 Å². The van der Waals surface area contributed by atoms with E-state index in [1.807, 2.05) is 18.2 Å². The minimum Gasteiger partial charge on any atom is -0.351 e. The molecule has 26 heavy (non-hydrogen) atoms. The average molecular weight is 394 g/mol. The summed E-state index contributed by atoms with van der Waals surface area (Å²) in [6.45, 7) is 2.06. The Morgan fingerprint density at radius 2 is 2.15 bits per heavy atom. The van der Waals surface area contributed by atoms with Crippen LogP contribution in [-0.2, 0) is 14.6 Å². The second-order valence-corrected chi connectivity index (χ2v) is 10.6. The lowest BCUT2D eigenvalue weighted by molar-refractivity contribution is -0.123. The molecule has 2 aliphatic heterocycles. The number of sulfone groups is 1. The number of amides is 1. The molecule has 6 nitrogen and oxygen atoms in total. The first-order valence-corrected chi connectivity index (χ1v) is 11.7. The van der Waals surface area contributed by atoms with Crippen LogP contribution in [-0.4, -0.2) is 61.4 Å². The van der Waals surface area contributed by atoms with Crippen LogP contribution in [0.3, 0.4) is 0 Å². The number of benzene rings is 1. The Bertz CT molecular complexity index is 876. The third-order valence-electron chi connectivity index (χ3n) is 5.13. The van der Waals surface area contributed by atoms with E-state index in [1.54, 1.807) is 11.3 Å². The number of nitrogens with zero attached hydrogens (tertiary/aromatic N) is 2. The molecule has 4 rings (SSSR count). The zero-order chi connectivity index (χ0) is 18.1. The lowest BCUT2D eigenvalue weighted by Crippen LogP contribution is -2.45. The number of likely N-dealkylation sites (tertiary alicyclic amines) is 1. The number of thiazole rings is 1. The highest BCUT2D eigenvalue weighted by atomic mass is 32.2. The fourth-order valence-corrected chi connectivity index (χ4v) is 6.62. The lowest BCUT2D eigenvalue weighted by atomic mass is 9.99. The van der Waals surface area contributed by atoms with E-state index in [1.165, 1.54) is 4.70 Å². The van der Waals surface area contributed by atoms with Gasteiger partial charge >= 0.3 is 0 Å². The molecule has 1 aromatic heterocycles. The Labute approximate surface area is 157 Å². The summed E-state index contributed by atoms with van der Waals surface area (Å²) in [6.07, 6.45) is 2.67. The fraction of sp³-hybridized carbons (Fsp3) is 0.556. The van der Waals surface area contributed by atoms with Gasteiger partial charge in [0.25, 0.3) is 0 Å². The van der Waals surface area contributed by atoms with Gasteiger partial charge in [0.1, 0.15) is 0 Å². The van der Waals surface area contributed by atoms with E-state index in [9.17, 15) is 13.2 Å². The zero-order valence-electron chi connectivity index (χ0n) is 14.6. The average Bonchev–Trinajstić information content (AvgIpc) is 3.18. The molecule has 2 atom stereocenters. The molecule has 3 heterocycles. The predicted molar refractivity (Wildman–Crippen MR) is 103 cm³/mol. The Morgan fingerprint density at radius 3 is 2.92 bits per heavy atom. The van der Waals surface area contributed by atoms with Crippen molar-refractivity contribution in [3.63, 3.8) is 0 Å². The Morgan fingerprint density at radius 1 is 1.31 bits per heavy atom. The molecular formula is C18H23N3O3S2. The van der Waals surface area contributed by atoms with Crippen molar-refractivity contribution in [2.24, 2.45) is 0 Å². The number of rotatable bonds is 4. The Hall–Kier alpha value is -1.51. The molecule has 2 aromatic rings. The molecule has 2 saturated heterocycles. The van der Waals surface area contributed by atoms with E-state index in [0.717, 1.165) is 36.5 Å². The van der Waals surface area contributed by atoms with Gasteiger partial charge in [-0.2, -0.15) is 0 Å². The van der Waals surface area contributed by atoms with Gasteiger partial charge in [-0.05, 0) is 37.9 Å². The minimum absolute atomic E-state index is 0.0722. The molecule has 1 aromatic carbocycles. The molecule has 0 unspecified atom stereocenters. The number of hydrogen-bond donors (Lipinski definition) is 1. The standard InChI is InChI=1S/C18H23N3O3S2/c22-17(19-14-7-9-26(23,24)12-14)11-21-8-3-4-13(10-21)18-20-15-5-1-2-6-16(15)25-18/h1-2,5-6,13-14H,3-4,7-12H2,(H,19,22)/t13-,14+/m0/s1. The summed E-state index contributed by atoms with van der Waals surface area (Å²) in [5.41, 5.74) is 1.05. The van der Waals surface area contributed by atoms with Crippen molar-refractivity contribution >= 4 is 37.3 Å². The quantitative estimate of drug-likeness (QED) is 0.857. The maximum atomic E-state index is 12.3. The summed E-state index contributed by atoms with van der Waals surface area (Å²) in [5.74, 6) is 0.548. The van der Waals surface area contributed by atoms with Crippen LogP contribution in [0.2, 0.25) is 0 Å². The number of hydrogen-bond acceptors (Lipinski definition) is 6. The first-order chi connectivity index (χ1) is 12.5. The summed E-state index contributed by atoms with van der Waals surface area (Å²) in [4.78, 5) is 19.2. The molecule has 0 radical (unpaired) electrons. The minimum atomic E-state index is -2.97. The van der Waals surface area contributed by atoms with Gasteiger partial charge in [0.15, 0.2) is 9.84 Å². The molecule has 140 valence electrons. The highest BCUT2D eigenvalue weighted by Crippen LogP contribution is 2.32. The Kier molecular flexibility index (Phi) is 4.98. The van der Waals surface area contributed by atoms with Crippen molar-refractivity contribution in [2.75, 3.05) is 31.1 Å². The van der Waals surface area contributed by atoms with Crippen LogP contribution in [0, 0.1) is 0 Å². The predicted octanol–water partition coefficient (Wildman–Crippen LogP) is 1.78. The third kappa shape index (κ3) is 4.07. The van der Waals surface area contributed by atoms with E-state index >= 15 is 0 Å². The molecule has 0 spiro atoms. The highest BCUT2D eigenvalue weighted by Gasteiger charge is 2.30. The number of piperidine rings is 1. The van der Waals surface area contributed by atoms with Crippen molar-refractivity contribution < 1.29 is 13.2 Å². The zero-order valence-corrected chi connectivity index (χ0v) is 16.2. The van der Waals surface area contributed by atoms with Gasteiger partial charge in [-0.25, -0.2) is 13.4 Å².